The van der Waals surface area contributed by atoms with Crippen LogP contribution in [0.4, 0.5) is 5.69 Å². The van der Waals surface area contributed by atoms with E-state index in [-0.39, 0.29) is 26.6 Å². The molecule has 0 radical (unpaired) electrons. The molecular weight excluding hydrogens is 222 g/mol. The summed E-state index contributed by atoms with van der Waals surface area (Å²) in [6, 6.07) is 0. The Labute approximate surface area is 83.4 Å². The smallest absolute Gasteiger partial charge is 0.170 e. The van der Waals surface area contributed by atoms with E-state index in [4.69, 9.17) is 40.5 Å². The summed E-state index contributed by atoms with van der Waals surface area (Å²) in [5.74, 6) is 0. The lowest BCUT2D eigenvalue weighted by Crippen LogP contribution is -1.97. The predicted molar refractivity (Wildman–Crippen MR) is 49.1 cm³/mol. The van der Waals surface area contributed by atoms with Crippen molar-refractivity contribution in [3.05, 3.63) is 20.9 Å². The Balaban J connectivity index is 3.49. The zero-order valence-electron chi connectivity index (χ0n) is 5.64. The summed E-state index contributed by atoms with van der Waals surface area (Å²) >= 11 is 16.7. The fourth-order valence-corrected chi connectivity index (χ4v) is 1.19. The van der Waals surface area contributed by atoms with Crippen LogP contribution in [0, 0.1) is 0 Å². The highest BCUT2D eigenvalue weighted by molar-refractivity contribution is 6.45. The lowest BCUT2D eigenvalue weighted by molar-refractivity contribution is 0.111. The summed E-state index contributed by atoms with van der Waals surface area (Å²) in [7, 11) is 0. The van der Waals surface area contributed by atoms with Crippen molar-refractivity contribution in [1.29, 1.82) is 0 Å². The van der Waals surface area contributed by atoms with Crippen LogP contribution < -0.4 is 5.73 Å². The van der Waals surface area contributed by atoms with E-state index in [2.05, 4.69) is 4.98 Å². The Morgan fingerprint density at radius 2 is 1.83 bits per heavy atom. The molecule has 0 spiro atoms. The molecule has 1 heterocycles. The first kappa shape index (κ1) is 9.58. The van der Waals surface area contributed by atoms with Crippen molar-refractivity contribution in [2.45, 2.75) is 0 Å². The van der Waals surface area contributed by atoms with Gasteiger partial charge in [0.15, 0.2) is 11.4 Å². The Hall–Kier alpha value is -0.510. The van der Waals surface area contributed by atoms with Crippen LogP contribution in [-0.4, -0.2) is 11.3 Å². The minimum absolute atomic E-state index is 0.0106. The SMILES string of the molecule is Nc1c(Cl)c(Cl)nc(C=O)c1Cl. The topological polar surface area (TPSA) is 56.0 Å². The molecule has 6 heteroatoms. The number of hydrogen-bond acceptors (Lipinski definition) is 3. The zero-order chi connectivity index (χ0) is 9.30. The number of rotatable bonds is 1. The van der Waals surface area contributed by atoms with Gasteiger partial charge >= 0.3 is 0 Å². The molecule has 1 rings (SSSR count). The summed E-state index contributed by atoms with van der Waals surface area (Å²) in [6.45, 7) is 0. The molecule has 3 nitrogen and oxygen atoms in total. The molecule has 0 bridgehead atoms. The van der Waals surface area contributed by atoms with Crippen LogP contribution in [-0.2, 0) is 0 Å². The van der Waals surface area contributed by atoms with Gasteiger partial charge in [-0.2, -0.15) is 0 Å². The van der Waals surface area contributed by atoms with Crippen LogP contribution in [0.2, 0.25) is 15.2 Å². The number of hydrogen-bond donors (Lipinski definition) is 1. The highest BCUT2D eigenvalue weighted by Crippen LogP contribution is 2.33. The highest BCUT2D eigenvalue weighted by atomic mass is 35.5. The van der Waals surface area contributed by atoms with Gasteiger partial charge in [-0.25, -0.2) is 4.98 Å². The molecule has 0 saturated carbocycles. The van der Waals surface area contributed by atoms with E-state index >= 15 is 0 Å². The average Bonchev–Trinajstić information content (AvgIpc) is 2.08. The van der Waals surface area contributed by atoms with Gasteiger partial charge in [-0.15, -0.1) is 0 Å². The Kier molecular flexibility index (Phi) is 2.77. The molecular formula is C6H3Cl3N2O. The lowest BCUT2D eigenvalue weighted by Gasteiger charge is -2.03. The molecule has 0 unspecified atom stereocenters. The molecule has 1 aromatic heterocycles. The van der Waals surface area contributed by atoms with E-state index in [0.29, 0.717) is 6.29 Å². The molecule has 64 valence electrons. The Morgan fingerprint density at radius 1 is 1.25 bits per heavy atom. The number of carbonyl (C=O) groups is 1. The molecule has 0 aromatic carbocycles. The summed E-state index contributed by atoms with van der Waals surface area (Å²) in [6.07, 6.45) is 0.459. The minimum atomic E-state index is -0.0272. The summed E-state index contributed by atoms with van der Waals surface area (Å²) in [5.41, 5.74) is 5.47. The maximum atomic E-state index is 10.3. The molecule has 0 atom stereocenters. The third-order valence-electron chi connectivity index (χ3n) is 1.21. The molecule has 0 fully saturated rings. The lowest BCUT2D eigenvalue weighted by atomic mass is 10.3. The fraction of sp³-hybridized carbons (Fsp3) is 0. The third-order valence-corrected chi connectivity index (χ3v) is 2.36. The largest absolute Gasteiger partial charge is 0.396 e. The number of aldehydes is 1. The fourth-order valence-electron chi connectivity index (χ4n) is 0.627. The summed E-state index contributed by atoms with van der Waals surface area (Å²) in [5, 5.41) is 0.0623. The van der Waals surface area contributed by atoms with Crippen LogP contribution in [0.5, 0.6) is 0 Å². The number of nitrogen functional groups attached to an aromatic ring is 1. The van der Waals surface area contributed by atoms with E-state index in [1.165, 1.54) is 0 Å². The molecule has 2 N–H and O–H groups in total. The quantitative estimate of drug-likeness (QED) is 0.590. The predicted octanol–water partition coefficient (Wildman–Crippen LogP) is 2.44. The van der Waals surface area contributed by atoms with E-state index in [0.717, 1.165) is 0 Å². The van der Waals surface area contributed by atoms with E-state index in [1.807, 2.05) is 0 Å². The van der Waals surface area contributed by atoms with Crippen molar-refractivity contribution in [3.8, 4) is 0 Å². The molecule has 0 amide bonds. The number of aromatic nitrogens is 1. The van der Waals surface area contributed by atoms with Gasteiger partial charge in [0.2, 0.25) is 0 Å². The molecule has 0 aliphatic heterocycles. The van der Waals surface area contributed by atoms with Crippen molar-refractivity contribution in [1.82, 2.24) is 4.98 Å². The van der Waals surface area contributed by atoms with Gasteiger partial charge in [0, 0.05) is 0 Å². The molecule has 0 saturated heterocycles. The molecule has 0 aliphatic rings. The van der Waals surface area contributed by atoms with Gasteiger partial charge in [0.25, 0.3) is 0 Å². The monoisotopic (exact) mass is 224 g/mol. The maximum Gasteiger partial charge on any atom is 0.170 e. The van der Waals surface area contributed by atoms with Gasteiger partial charge in [0.1, 0.15) is 10.7 Å². The van der Waals surface area contributed by atoms with E-state index in [1.54, 1.807) is 0 Å². The maximum absolute atomic E-state index is 10.3. The molecule has 1 aromatic rings. The Bertz CT molecular complexity index is 340. The second-order valence-electron chi connectivity index (χ2n) is 1.95. The van der Waals surface area contributed by atoms with Crippen molar-refractivity contribution in [3.63, 3.8) is 0 Å². The number of carbonyl (C=O) groups excluding carboxylic acids is 1. The van der Waals surface area contributed by atoms with Crippen molar-refractivity contribution in [2.24, 2.45) is 0 Å². The second kappa shape index (κ2) is 3.47. The highest BCUT2D eigenvalue weighted by Gasteiger charge is 2.12. The van der Waals surface area contributed by atoms with Crippen molar-refractivity contribution >= 4 is 46.8 Å². The Morgan fingerprint density at radius 3 is 2.33 bits per heavy atom. The van der Waals surface area contributed by atoms with Gasteiger partial charge < -0.3 is 5.73 Å². The normalized spacial score (nSPS) is 9.92. The van der Waals surface area contributed by atoms with Crippen LogP contribution in [0.25, 0.3) is 0 Å². The summed E-state index contributed by atoms with van der Waals surface area (Å²) < 4.78 is 0. The number of pyridine rings is 1. The van der Waals surface area contributed by atoms with Gasteiger partial charge in [0.05, 0.1) is 10.7 Å². The average molecular weight is 225 g/mol. The second-order valence-corrected chi connectivity index (χ2v) is 3.06. The number of halogens is 3. The number of nitrogens with zero attached hydrogens (tertiary/aromatic N) is 1. The number of nitrogens with two attached hydrogens (primary N) is 1. The van der Waals surface area contributed by atoms with Gasteiger partial charge in [-0.3, -0.25) is 4.79 Å². The molecule has 0 aliphatic carbocycles. The minimum Gasteiger partial charge on any atom is -0.396 e. The van der Waals surface area contributed by atoms with Crippen LogP contribution >= 0.6 is 34.8 Å². The van der Waals surface area contributed by atoms with E-state index in [9.17, 15) is 4.79 Å². The van der Waals surface area contributed by atoms with Gasteiger partial charge in [-0.1, -0.05) is 34.8 Å². The third kappa shape index (κ3) is 1.48. The molecule has 12 heavy (non-hydrogen) atoms. The van der Waals surface area contributed by atoms with Crippen molar-refractivity contribution < 1.29 is 4.79 Å². The number of anilines is 1. The zero-order valence-corrected chi connectivity index (χ0v) is 7.91. The first-order valence-corrected chi connectivity index (χ1v) is 3.96. The first-order valence-electron chi connectivity index (χ1n) is 2.83. The van der Waals surface area contributed by atoms with Crippen LogP contribution in [0.15, 0.2) is 0 Å². The standard InChI is InChI=1S/C6H3Cl3N2O/c7-3-2(1-12)11-6(9)4(8)5(3)10/h1H,(H2,10,11). The first-order chi connectivity index (χ1) is 5.57. The van der Waals surface area contributed by atoms with Crippen LogP contribution in [0.3, 0.4) is 0 Å². The summed E-state index contributed by atoms with van der Waals surface area (Å²) in [4.78, 5) is 13.9. The van der Waals surface area contributed by atoms with Crippen molar-refractivity contribution in [2.75, 3.05) is 5.73 Å². The van der Waals surface area contributed by atoms with Gasteiger partial charge in [-0.05, 0) is 0 Å². The van der Waals surface area contributed by atoms with Crippen LogP contribution in [0.1, 0.15) is 10.5 Å². The van der Waals surface area contributed by atoms with E-state index < -0.39 is 0 Å².